The molecule has 4 aromatic rings. The fourth-order valence-corrected chi connectivity index (χ4v) is 4.29. The van der Waals surface area contributed by atoms with Crippen LogP contribution in [0.4, 0.5) is 10.2 Å². The fraction of sp³-hybridized carbons (Fsp3) is 0.320. The van der Waals surface area contributed by atoms with E-state index in [2.05, 4.69) is 50.8 Å². The van der Waals surface area contributed by atoms with E-state index in [9.17, 15) is 9.18 Å². The number of hydrogen-bond donors (Lipinski definition) is 1. The summed E-state index contributed by atoms with van der Waals surface area (Å²) in [5.74, 6) is 1.01. The maximum absolute atomic E-state index is 14.8. The minimum Gasteiger partial charge on any atom is -0.307 e. The van der Waals surface area contributed by atoms with Crippen molar-refractivity contribution >= 4 is 11.7 Å². The Labute approximate surface area is 196 Å². The summed E-state index contributed by atoms with van der Waals surface area (Å²) in [7, 11) is 0. The van der Waals surface area contributed by atoms with Crippen LogP contribution in [0.1, 0.15) is 66.6 Å². The Kier molecular flexibility index (Phi) is 5.47. The van der Waals surface area contributed by atoms with Gasteiger partial charge in [-0.05, 0) is 56.0 Å². The van der Waals surface area contributed by atoms with Gasteiger partial charge in [-0.2, -0.15) is 0 Å². The monoisotopic (exact) mass is 459 g/mol. The number of aromatic nitrogens is 6. The van der Waals surface area contributed by atoms with Gasteiger partial charge in [-0.3, -0.25) is 4.79 Å². The van der Waals surface area contributed by atoms with E-state index in [1.807, 2.05) is 16.8 Å². The van der Waals surface area contributed by atoms with Gasteiger partial charge in [0, 0.05) is 18.7 Å². The van der Waals surface area contributed by atoms with Crippen molar-refractivity contribution in [3.8, 4) is 17.2 Å². The zero-order valence-corrected chi connectivity index (χ0v) is 19.6. The molecule has 1 aliphatic heterocycles. The second-order valence-electron chi connectivity index (χ2n) is 9.04. The number of amides is 1. The standard InChI is InChI=1S/C25H26FN7O/c1-14(2)20-12-32(13-27-20)21-11-17(18(26)10-15(21)3)25(34)29-22-7-5-6-19(28-22)24-31-30-23-9-8-16(4)33(23)24/h5-7,10-14,16H,8-9H2,1-4H3,(H,28,29,34)/t16-/m1/s1. The summed E-state index contributed by atoms with van der Waals surface area (Å²) in [6.45, 7) is 8.03. The number of anilines is 1. The summed E-state index contributed by atoms with van der Waals surface area (Å²) < 4.78 is 18.7. The molecule has 0 unspecified atom stereocenters. The van der Waals surface area contributed by atoms with Gasteiger partial charge in [0.05, 0.1) is 23.3 Å². The highest BCUT2D eigenvalue weighted by Gasteiger charge is 2.25. The molecule has 1 aromatic carbocycles. The molecule has 0 saturated carbocycles. The summed E-state index contributed by atoms with van der Waals surface area (Å²) in [4.78, 5) is 22.0. The van der Waals surface area contributed by atoms with Crippen LogP contribution in [0.15, 0.2) is 42.9 Å². The van der Waals surface area contributed by atoms with E-state index in [0.717, 1.165) is 24.4 Å². The molecule has 0 saturated heterocycles. The number of aryl methyl sites for hydroxylation is 2. The first-order valence-corrected chi connectivity index (χ1v) is 11.4. The maximum Gasteiger partial charge on any atom is 0.259 e. The van der Waals surface area contributed by atoms with Crippen LogP contribution in [0.5, 0.6) is 0 Å². The number of carbonyl (C=O) groups excluding carboxylic acids is 1. The third-order valence-corrected chi connectivity index (χ3v) is 6.22. The van der Waals surface area contributed by atoms with Gasteiger partial charge in [-0.25, -0.2) is 14.4 Å². The van der Waals surface area contributed by atoms with Crippen LogP contribution in [0.3, 0.4) is 0 Å². The third-order valence-electron chi connectivity index (χ3n) is 6.22. The van der Waals surface area contributed by atoms with Crippen molar-refractivity contribution in [2.75, 3.05) is 5.32 Å². The number of nitrogens with zero attached hydrogens (tertiary/aromatic N) is 6. The molecule has 174 valence electrons. The Morgan fingerprint density at radius 1 is 1.24 bits per heavy atom. The number of fused-ring (bicyclic) bond motifs is 1. The van der Waals surface area contributed by atoms with E-state index in [-0.39, 0.29) is 11.5 Å². The van der Waals surface area contributed by atoms with E-state index in [1.165, 1.54) is 6.07 Å². The minimum absolute atomic E-state index is 0.0652. The van der Waals surface area contributed by atoms with E-state index in [0.29, 0.717) is 34.6 Å². The molecule has 4 heterocycles. The fourth-order valence-electron chi connectivity index (χ4n) is 4.29. The molecule has 0 radical (unpaired) electrons. The Morgan fingerprint density at radius 2 is 2.06 bits per heavy atom. The van der Waals surface area contributed by atoms with Crippen LogP contribution >= 0.6 is 0 Å². The first-order chi connectivity index (χ1) is 16.3. The van der Waals surface area contributed by atoms with Gasteiger partial charge in [0.15, 0.2) is 5.82 Å². The third kappa shape index (κ3) is 3.87. The normalized spacial score (nSPS) is 15.1. The van der Waals surface area contributed by atoms with Crippen LogP contribution in [-0.2, 0) is 6.42 Å². The molecule has 1 amide bonds. The highest BCUT2D eigenvalue weighted by molar-refractivity contribution is 6.04. The van der Waals surface area contributed by atoms with Crippen molar-refractivity contribution in [2.24, 2.45) is 0 Å². The summed E-state index contributed by atoms with van der Waals surface area (Å²) in [5.41, 5.74) is 2.86. The number of nitrogens with one attached hydrogen (secondary N) is 1. The minimum atomic E-state index is -0.594. The number of pyridine rings is 1. The molecular formula is C25H26FN7O. The largest absolute Gasteiger partial charge is 0.307 e. The predicted molar refractivity (Wildman–Crippen MR) is 127 cm³/mol. The molecule has 34 heavy (non-hydrogen) atoms. The van der Waals surface area contributed by atoms with Gasteiger partial charge >= 0.3 is 0 Å². The predicted octanol–water partition coefficient (Wildman–Crippen LogP) is 4.86. The van der Waals surface area contributed by atoms with Crippen LogP contribution in [0.25, 0.3) is 17.2 Å². The lowest BCUT2D eigenvalue weighted by molar-refractivity contribution is 0.102. The molecule has 0 bridgehead atoms. The highest BCUT2D eigenvalue weighted by Crippen LogP contribution is 2.30. The van der Waals surface area contributed by atoms with E-state index >= 15 is 0 Å². The second-order valence-corrected chi connectivity index (χ2v) is 9.04. The molecule has 3 aromatic heterocycles. The van der Waals surface area contributed by atoms with E-state index in [4.69, 9.17) is 0 Å². The zero-order valence-electron chi connectivity index (χ0n) is 19.6. The quantitative estimate of drug-likeness (QED) is 0.460. The molecule has 9 heteroatoms. The maximum atomic E-state index is 14.8. The van der Waals surface area contributed by atoms with Gasteiger partial charge in [-0.15, -0.1) is 10.2 Å². The van der Waals surface area contributed by atoms with Crippen LogP contribution in [0, 0.1) is 12.7 Å². The Hall–Kier alpha value is -3.88. The summed E-state index contributed by atoms with van der Waals surface area (Å²) in [6, 6.07) is 8.49. The molecule has 0 spiro atoms. The van der Waals surface area contributed by atoms with Crippen molar-refractivity contribution in [1.82, 2.24) is 29.3 Å². The number of hydrogen-bond acceptors (Lipinski definition) is 5. The van der Waals surface area contributed by atoms with Gasteiger partial charge in [0.25, 0.3) is 5.91 Å². The van der Waals surface area contributed by atoms with Crippen molar-refractivity contribution in [1.29, 1.82) is 0 Å². The smallest absolute Gasteiger partial charge is 0.259 e. The summed E-state index contributed by atoms with van der Waals surface area (Å²) >= 11 is 0. The van der Waals surface area contributed by atoms with Gasteiger partial charge in [0.2, 0.25) is 0 Å². The molecule has 0 fully saturated rings. The van der Waals surface area contributed by atoms with Crippen molar-refractivity contribution < 1.29 is 9.18 Å². The Morgan fingerprint density at radius 3 is 2.82 bits per heavy atom. The summed E-state index contributed by atoms with van der Waals surface area (Å²) in [5, 5.41) is 11.3. The van der Waals surface area contributed by atoms with Crippen LogP contribution in [0.2, 0.25) is 0 Å². The number of carbonyl (C=O) groups is 1. The highest BCUT2D eigenvalue weighted by atomic mass is 19.1. The van der Waals surface area contributed by atoms with E-state index in [1.54, 1.807) is 31.5 Å². The lowest BCUT2D eigenvalue weighted by Crippen LogP contribution is -2.16. The lowest BCUT2D eigenvalue weighted by Gasteiger charge is -2.12. The van der Waals surface area contributed by atoms with Gasteiger partial charge in [0.1, 0.15) is 23.2 Å². The lowest BCUT2D eigenvalue weighted by atomic mass is 10.1. The zero-order chi connectivity index (χ0) is 24.0. The first-order valence-electron chi connectivity index (χ1n) is 11.4. The number of imidazole rings is 1. The molecule has 5 rings (SSSR count). The number of rotatable bonds is 5. The molecule has 8 nitrogen and oxygen atoms in total. The SMILES string of the molecule is Cc1cc(F)c(C(=O)Nc2cccc(-c3nnc4n3[C@H](C)CC4)n2)cc1-n1cnc(C(C)C)c1. The van der Waals surface area contributed by atoms with Crippen molar-refractivity contribution in [3.63, 3.8) is 0 Å². The summed E-state index contributed by atoms with van der Waals surface area (Å²) in [6.07, 6.45) is 5.48. The molecule has 1 atom stereocenters. The van der Waals surface area contributed by atoms with Crippen LogP contribution < -0.4 is 5.32 Å². The average molecular weight is 460 g/mol. The Bertz CT molecular complexity index is 1390. The first kappa shape index (κ1) is 21.9. The van der Waals surface area contributed by atoms with Gasteiger partial charge < -0.3 is 14.5 Å². The van der Waals surface area contributed by atoms with E-state index < -0.39 is 11.7 Å². The van der Waals surface area contributed by atoms with Gasteiger partial charge in [-0.1, -0.05) is 19.9 Å². The molecule has 1 aliphatic rings. The molecule has 0 aliphatic carbocycles. The number of halogens is 1. The van der Waals surface area contributed by atoms with Crippen LogP contribution in [-0.4, -0.2) is 35.2 Å². The topological polar surface area (TPSA) is 90.5 Å². The average Bonchev–Trinajstić information content (AvgIpc) is 3.52. The molecule has 1 N–H and O–H groups in total. The number of benzene rings is 1. The van der Waals surface area contributed by atoms with Crippen molar-refractivity contribution in [3.05, 3.63) is 71.3 Å². The van der Waals surface area contributed by atoms with Crippen molar-refractivity contribution in [2.45, 2.75) is 52.5 Å². The molecular weight excluding hydrogens is 433 g/mol. The Balaban J connectivity index is 1.43. The second kappa shape index (κ2) is 8.48.